The van der Waals surface area contributed by atoms with Crippen LogP contribution in [0, 0.1) is 12.8 Å². The van der Waals surface area contributed by atoms with E-state index in [1.54, 1.807) is 24.9 Å². The van der Waals surface area contributed by atoms with Gasteiger partial charge >= 0.3 is 0 Å². The fourth-order valence-electron chi connectivity index (χ4n) is 2.79. The molecule has 120 valence electrons. The Kier molecular flexibility index (Phi) is 4.00. The maximum atomic E-state index is 12.5. The van der Waals surface area contributed by atoms with E-state index >= 15 is 0 Å². The summed E-state index contributed by atoms with van der Waals surface area (Å²) in [6.07, 6.45) is 2.85. The van der Waals surface area contributed by atoms with Crippen molar-refractivity contribution >= 4 is 11.8 Å². The number of H-pyrrole nitrogens is 1. The molecule has 2 atom stereocenters. The van der Waals surface area contributed by atoms with E-state index in [-0.39, 0.29) is 23.7 Å². The molecule has 2 aromatic heterocycles. The van der Waals surface area contributed by atoms with Crippen molar-refractivity contribution in [3.63, 3.8) is 0 Å². The van der Waals surface area contributed by atoms with Gasteiger partial charge in [-0.25, -0.2) is 15.0 Å². The van der Waals surface area contributed by atoms with Crippen molar-refractivity contribution in [2.24, 2.45) is 5.92 Å². The number of nitrogens with zero attached hydrogens (tertiary/aromatic N) is 5. The molecule has 1 saturated heterocycles. The Morgan fingerprint density at radius 1 is 1.39 bits per heavy atom. The SMILES string of the molecule is CNC(=O)[C@@H]1CN(C(=O)c2ccncn2)C[C@H]1c1n[nH]c(C)n1. The van der Waals surface area contributed by atoms with Crippen LogP contribution in [0.3, 0.4) is 0 Å². The van der Waals surface area contributed by atoms with E-state index in [4.69, 9.17) is 0 Å². The quantitative estimate of drug-likeness (QED) is 0.789. The van der Waals surface area contributed by atoms with Gasteiger partial charge in [-0.3, -0.25) is 14.7 Å². The molecule has 9 nitrogen and oxygen atoms in total. The first-order valence-corrected chi connectivity index (χ1v) is 7.26. The first-order valence-electron chi connectivity index (χ1n) is 7.26. The van der Waals surface area contributed by atoms with E-state index in [2.05, 4.69) is 30.5 Å². The Balaban J connectivity index is 1.85. The molecule has 0 unspecified atom stereocenters. The number of aromatic amines is 1. The lowest BCUT2D eigenvalue weighted by atomic mass is 9.94. The van der Waals surface area contributed by atoms with Gasteiger partial charge in [0.05, 0.1) is 11.8 Å². The predicted molar refractivity (Wildman–Crippen MR) is 79.4 cm³/mol. The third kappa shape index (κ3) is 2.89. The Morgan fingerprint density at radius 2 is 2.22 bits per heavy atom. The van der Waals surface area contributed by atoms with E-state index in [0.29, 0.717) is 30.4 Å². The second-order valence-corrected chi connectivity index (χ2v) is 5.41. The molecule has 0 aliphatic carbocycles. The molecule has 3 heterocycles. The minimum absolute atomic E-state index is 0.129. The highest BCUT2D eigenvalue weighted by molar-refractivity contribution is 5.93. The largest absolute Gasteiger partial charge is 0.359 e. The predicted octanol–water partition coefficient (Wildman–Crippen LogP) is -0.495. The van der Waals surface area contributed by atoms with E-state index in [1.807, 2.05) is 0 Å². The number of carbonyl (C=O) groups is 2. The van der Waals surface area contributed by atoms with Gasteiger partial charge in [0.1, 0.15) is 17.8 Å². The lowest BCUT2D eigenvalue weighted by Gasteiger charge is -2.15. The number of carbonyl (C=O) groups excluding carboxylic acids is 2. The first kappa shape index (κ1) is 15.1. The molecule has 1 aliphatic rings. The number of hydrogen-bond donors (Lipinski definition) is 2. The third-order valence-electron chi connectivity index (χ3n) is 3.94. The molecule has 2 aromatic rings. The number of hydrogen-bond acceptors (Lipinski definition) is 6. The fourth-order valence-corrected chi connectivity index (χ4v) is 2.79. The van der Waals surface area contributed by atoms with Crippen molar-refractivity contribution < 1.29 is 9.59 Å². The standard InChI is InChI=1S/C14H17N7O2/c1-8-18-12(20-19-8)9-5-21(6-10(9)13(22)15-2)14(23)11-3-4-16-7-17-11/h3-4,7,9-10H,5-6H2,1-2H3,(H,15,22)(H,18,19,20)/t9-,10-/m1/s1. The monoisotopic (exact) mass is 315 g/mol. The van der Waals surface area contributed by atoms with Crippen molar-refractivity contribution in [1.82, 2.24) is 35.4 Å². The van der Waals surface area contributed by atoms with Gasteiger partial charge in [0, 0.05) is 26.3 Å². The number of aromatic nitrogens is 5. The highest BCUT2D eigenvalue weighted by Crippen LogP contribution is 2.31. The lowest BCUT2D eigenvalue weighted by molar-refractivity contribution is -0.124. The Labute approximate surface area is 132 Å². The van der Waals surface area contributed by atoms with Crippen molar-refractivity contribution in [3.05, 3.63) is 35.9 Å². The molecular formula is C14H17N7O2. The molecule has 23 heavy (non-hydrogen) atoms. The molecule has 0 spiro atoms. The molecule has 2 amide bonds. The van der Waals surface area contributed by atoms with Gasteiger partial charge in [0.15, 0.2) is 5.82 Å². The van der Waals surface area contributed by atoms with E-state index in [0.717, 1.165) is 0 Å². The molecule has 1 fully saturated rings. The van der Waals surface area contributed by atoms with Crippen LogP contribution in [0.2, 0.25) is 0 Å². The van der Waals surface area contributed by atoms with E-state index in [1.165, 1.54) is 12.5 Å². The van der Waals surface area contributed by atoms with Crippen molar-refractivity contribution in [3.8, 4) is 0 Å². The zero-order valence-corrected chi connectivity index (χ0v) is 12.9. The van der Waals surface area contributed by atoms with Crippen molar-refractivity contribution in [2.45, 2.75) is 12.8 Å². The molecular weight excluding hydrogens is 298 g/mol. The van der Waals surface area contributed by atoms with Gasteiger partial charge in [0.2, 0.25) is 5.91 Å². The Bertz CT molecular complexity index is 715. The molecule has 0 aromatic carbocycles. The molecule has 1 aliphatic heterocycles. The van der Waals surface area contributed by atoms with Gasteiger partial charge in [0.25, 0.3) is 5.91 Å². The van der Waals surface area contributed by atoms with Crippen LogP contribution < -0.4 is 5.32 Å². The third-order valence-corrected chi connectivity index (χ3v) is 3.94. The average Bonchev–Trinajstić information content (AvgIpc) is 3.20. The highest BCUT2D eigenvalue weighted by Gasteiger charge is 2.42. The number of amides is 2. The molecule has 9 heteroatoms. The maximum absolute atomic E-state index is 12.5. The number of nitrogens with one attached hydrogen (secondary N) is 2. The average molecular weight is 315 g/mol. The van der Waals surface area contributed by atoms with Gasteiger partial charge in [-0.2, -0.15) is 5.10 Å². The first-order chi connectivity index (χ1) is 11.1. The fraction of sp³-hybridized carbons (Fsp3) is 0.429. The summed E-state index contributed by atoms with van der Waals surface area (Å²) in [7, 11) is 1.58. The minimum atomic E-state index is -0.388. The van der Waals surface area contributed by atoms with Crippen LogP contribution in [0.4, 0.5) is 0 Å². The van der Waals surface area contributed by atoms with Crippen LogP contribution in [-0.4, -0.2) is 62.0 Å². The summed E-state index contributed by atoms with van der Waals surface area (Å²) in [5.41, 5.74) is 0.308. The number of aryl methyl sites for hydroxylation is 1. The lowest BCUT2D eigenvalue weighted by Crippen LogP contribution is -2.34. The van der Waals surface area contributed by atoms with E-state index < -0.39 is 0 Å². The smallest absolute Gasteiger partial charge is 0.272 e. The summed E-state index contributed by atoms with van der Waals surface area (Å²) >= 11 is 0. The van der Waals surface area contributed by atoms with Crippen LogP contribution in [0.1, 0.15) is 28.1 Å². The summed E-state index contributed by atoms with van der Waals surface area (Å²) in [4.78, 5) is 38.4. The summed E-state index contributed by atoms with van der Waals surface area (Å²) in [5.74, 6) is 0.239. The zero-order valence-electron chi connectivity index (χ0n) is 12.9. The molecule has 2 N–H and O–H groups in total. The molecule has 0 bridgehead atoms. The Morgan fingerprint density at radius 3 is 2.83 bits per heavy atom. The second kappa shape index (κ2) is 6.11. The normalized spacial score (nSPS) is 20.5. The second-order valence-electron chi connectivity index (χ2n) is 5.41. The van der Waals surface area contributed by atoms with Crippen LogP contribution in [-0.2, 0) is 4.79 Å². The minimum Gasteiger partial charge on any atom is -0.359 e. The van der Waals surface area contributed by atoms with Gasteiger partial charge < -0.3 is 10.2 Å². The topological polar surface area (TPSA) is 117 Å². The zero-order chi connectivity index (χ0) is 16.4. The van der Waals surface area contributed by atoms with Crippen LogP contribution in [0.25, 0.3) is 0 Å². The van der Waals surface area contributed by atoms with Crippen molar-refractivity contribution in [1.29, 1.82) is 0 Å². The van der Waals surface area contributed by atoms with Crippen LogP contribution >= 0.6 is 0 Å². The number of rotatable bonds is 3. The summed E-state index contributed by atoms with van der Waals surface area (Å²) in [6.45, 7) is 2.48. The summed E-state index contributed by atoms with van der Waals surface area (Å²) in [5, 5.41) is 9.58. The van der Waals surface area contributed by atoms with Crippen LogP contribution in [0.5, 0.6) is 0 Å². The van der Waals surface area contributed by atoms with Gasteiger partial charge in [-0.05, 0) is 13.0 Å². The molecule has 0 radical (unpaired) electrons. The van der Waals surface area contributed by atoms with Crippen molar-refractivity contribution in [2.75, 3.05) is 20.1 Å². The molecule has 3 rings (SSSR count). The van der Waals surface area contributed by atoms with Gasteiger partial charge in [-0.15, -0.1) is 0 Å². The van der Waals surface area contributed by atoms with Gasteiger partial charge in [-0.1, -0.05) is 0 Å². The summed E-state index contributed by atoms with van der Waals surface area (Å²) in [6, 6.07) is 1.56. The number of likely N-dealkylation sites (tertiary alicyclic amines) is 1. The Hall–Kier alpha value is -2.84. The van der Waals surface area contributed by atoms with E-state index in [9.17, 15) is 9.59 Å². The highest BCUT2D eigenvalue weighted by atomic mass is 16.2. The summed E-state index contributed by atoms with van der Waals surface area (Å²) < 4.78 is 0. The maximum Gasteiger partial charge on any atom is 0.272 e. The molecule has 0 saturated carbocycles. The van der Waals surface area contributed by atoms with Crippen LogP contribution in [0.15, 0.2) is 18.6 Å².